The Hall–Kier alpha value is -0.630. The number of aliphatic hydroxyl groups excluding tert-OH is 1. The molecular formula is C23H38O2. The quantitative estimate of drug-likeness (QED) is 0.676. The Morgan fingerprint density at radius 2 is 1.76 bits per heavy atom. The lowest BCUT2D eigenvalue weighted by molar-refractivity contribution is -0.117. The van der Waals surface area contributed by atoms with Crippen molar-refractivity contribution in [3.05, 3.63) is 11.6 Å². The van der Waals surface area contributed by atoms with E-state index >= 15 is 0 Å². The van der Waals surface area contributed by atoms with Gasteiger partial charge in [-0.15, -0.1) is 0 Å². The summed E-state index contributed by atoms with van der Waals surface area (Å²) >= 11 is 0. The van der Waals surface area contributed by atoms with Gasteiger partial charge in [-0.3, -0.25) is 4.79 Å². The standard InChI is InChI=1S/C21H32O2.C2H6/c1-13(22)17-6-7-18-16-5-4-14-12-15(23)8-10-20(14,2)19(16)9-11-21(17,18)3;1-2/h12-13,16-19,22H,4-11H2,1-3H3;1-2H3. The Morgan fingerprint density at radius 3 is 2.44 bits per heavy atom. The highest BCUT2D eigenvalue weighted by Gasteiger charge is 2.59. The zero-order valence-electron chi connectivity index (χ0n) is 17.0. The Bertz CT molecular complexity index is 548. The smallest absolute Gasteiger partial charge is 0.155 e. The van der Waals surface area contributed by atoms with Crippen LogP contribution in [0.5, 0.6) is 0 Å². The number of hydrogen-bond donors (Lipinski definition) is 1. The minimum absolute atomic E-state index is 0.163. The fourth-order valence-corrected chi connectivity index (χ4v) is 7.39. The first kappa shape index (κ1) is 19.1. The first-order valence-corrected chi connectivity index (χ1v) is 10.8. The first-order chi connectivity index (χ1) is 11.9. The maximum Gasteiger partial charge on any atom is 0.155 e. The predicted octanol–water partition coefficient (Wildman–Crippen LogP) is 5.54. The average Bonchev–Trinajstić information content (AvgIpc) is 2.95. The Morgan fingerprint density at radius 1 is 1.04 bits per heavy atom. The summed E-state index contributed by atoms with van der Waals surface area (Å²) in [5, 5.41) is 10.3. The molecule has 0 aromatic carbocycles. The van der Waals surface area contributed by atoms with E-state index in [1.165, 1.54) is 37.7 Å². The third-order valence-corrected chi connectivity index (χ3v) is 8.62. The fraction of sp³-hybridized carbons (Fsp3) is 0.870. The highest BCUT2D eigenvalue weighted by Crippen LogP contribution is 2.66. The van der Waals surface area contributed by atoms with Gasteiger partial charge in [-0.25, -0.2) is 0 Å². The largest absolute Gasteiger partial charge is 0.393 e. The first-order valence-electron chi connectivity index (χ1n) is 10.8. The van der Waals surface area contributed by atoms with Crippen molar-refractivity contribution >= 4 is 5.78 Å². The highest BCUT2D eigenvalue weighted by atomic mass is 16.3. The molecule has 4 rings (SSSR count). The van der Waals surface area contributed by atoms with Crippen LogP contribution in [0, 0.1) is 34.5 Å². The van der Waals surface area contributed by atoms with Crippen LogP contribution in [0.25, 0.3) is 0 Å². The number of aliphatic hydroxyl groups is 1. The Labute approximate surface area is 154 Å². The monoisotopic (exact) mass is 346 g/mol. The zero-order valence-corrected chi connectivity index (χ0v) is 17.0. The number of ketones is 1. The molecule has 1 N–H and O–H groups in total. The van der Waals surface area contributed by atoms with E-state index in [0.29, 0.717) is 17.1 Å². The second-order valence-electron chi connectivity index (χ2n) is 9.44. The lowest BCUT2D eigenvalue weighted by Crippen LogP contribution is -2.51. The van der Waals surface area contributed by atoms with Gasteiger partial charge in [0.05, 0.1) is 6.10 Å². The third-order valence-electron chi connectivity index (χ3n) is 8.62. The number of hydrogen-bond acceptors (Lipinski definition) is 2. The van der Waals surface area contributed by atoms with E-state index in [1.54, 1.807) is 0 Å². The molecule has 0 spiro atoms. The van der Waals surface area contributed by atoms with Gasteiger partial charge in [-0.1, -0.05) is 33.3 Å². The van der Waals surface area contributed by atoms with Gasteiger partial charge in [0.1, 0.15) is 0 Å². The van der Waals surface area contributed by atoms with Crippen molar-refractivity contribution in [2.75, 3.05) is 0 Å². The molecule has 0 saturated heterocycles. The average molecular weight is 347 g/mol. The second-order valence-corrected chi connectivity index (χ2v) is 9.44. The zero-order chi connectivity index (χ0) is 18.4. The summed E-state index contributed by atoms with van der Waals surface area (Å²) in [6.45, 7) is 10.9. The molecule has 2 nitrogen and oxygen atoms in total. The molecule has 0 aromatic rings. The Balaban J connectivity index is 0.000000880. The molecule has 7 atom stereocenters. The van der Waals surface area contributed by atoms with Crippen LogP contribution in [-0.4, -0.2) is 17.0 Å². The van der Waals surface area contributed by atoms with Crippen LogP contribution in [-0.2, 0) is 4.79 Å². The molecule has 0 aromatic heterocycles. The van der Waals surface area contributed by atoms with Crippen LogP contribution >= 0.6 is 0 Å². The van der Waals surface area contributed by atoms with Crippen LogP contribution in [0.1, 0.15) is 86.0 Å². The molecule has 4 aliphatic rings. The summed E-state index contributed by atoms with van der Waals surface area (Å²) in [5.74, 6) is 3.21. The summed E-state index contributed by atoms with van der Waals surface area (Å²) in [6.07, 6.45) is 11.1. The van der Waals surface area contributed by atoms with Crippen LogP contribution < -0.4 is 0 Å². The lowest BCUT2D eigenvalue weighted by Gasteiger charge is -2.58. The van der Waals surface area contributed by atoms with E-state index < -0.39 is 0 Å². The van der Waals surface area contributed by atoms with Crippen molar-refractivity contribution in [1.29, 1.82) is 0 Å². The molecule has 0 heterocycles. The minimum Gasteiger partial charge on any atom is -0.393 e. The van der Waals surface area contributed by atoms with Gasteiger partial charge in [-0.05, 0) is 92.4 Å². The summed E-state index contributed by atoms with van der Waals surface area (Å²) < 4.78 is 0. The maximum absolute atomic E-state index is 11.9. The van der Waals surface area contributed by atoms with Crippen LogP contribution in [0.15, 0.2) is 11.6 Å². The topological polar surface area (TPSA) is 37.3 Å². The fourth-order valence-electron chi connectivity index (χ4n) is 7.39. The van der Waals surface area contributed by atoms with E-state index in [9.17, 15) is 9.90 Å². The molecular weight excluding hydrogens is 308 g/mol. The second kappa shape index (κ2) is 6.83. The lowest BCUT2D eigenvalue weighted by atomic mass is 9.46. The molecule has 7 unspecified atom stereocenters. The maximum atomic E-state index is 11.9. The van der Waals surface area contributed by atoms with Gasteiger partial charge in [0, 0.05) is 6.42 Å². The predicted molar refractivity (Wildman–Crippen MR) is 103 cm³/mol. The number of carbonyl (C=O) groups is 1. The molecule has 4 aliphatic carbocycles. The third kappa shape index (κ3) is 2.83. The van der Waals surface area contributed by atoms with Gasteiger partial charge in [0.2, 0.25) is 0 Å². The van der Waals surface area contributed by atoms with Crippen molar-refractivity contribution in [1.82, 2.24) is 0 Å². The highest BCUT2D eigenvalue weighted by molar-refractivity contribution is 5.91. The van der Waals surface area contributed by atoms with Gasteiger partial charge < -0.3 is 5.11 Å². The minimum atomic E-state index is -0.163. The van der Waals surface area contributed by atoms with Crippen molar-refractivity contribution < 1.29 is 9.90 Å². The molecule has 142 valence electrons. The number of carbonyl (C=O) groups excluding carboxylic acids is 1. The van der Waals surface area contributed by atoms with Crippen molar-refractivity contribution in [3.63, 3.8) is 0 Å². The normalized spacial score (nSPS) is 46.8. The summed E-state index contributed by atoms with van der Waals surface area (Å²) in [4.78, 5) is 11.9. The van der Waals surface area contributed by atoms with E-state index in [2.05, 4.69) is 13.8 Å². The van der Waals surface area contributed by atoms with E-state index in [4.69, 9.17) is 0 Å². The SMILES string of the molecule is CC.CC(O)C1CCC2C3CCC4=CC(=O)CCC4(C)C3CCC12C. The number of allylic oxidation sites excluding steroid dienone is 1. The van der Waals surface area contributed by atoms with Gasteiger partial charge in [-0.2, -0.15) is 0 Å². The van der Waals surface area contributed by atoms with E-state index in [0.717, 1.165) is 37.0 Å². The van der Waals surface area contributed by atoms with E-state index in [1.807, 2.05) is 26.8 Å². The molecule has 0 aliphatic heterocycles. The van der Waals surface area contributed by atoms with Gasteiger partial charge in [0.15, 0.2) is 5.78 Å². The number of rotatable bonds is 1. The van der Waals surface area contributed by atoms with Crippen LogP contribution in [0.4, 0.5) is 0 Å². The molecule has 0 amide bonds. The van der Waals surface area contributed by atoms with Crippen molar-refractivity contribution in [2.24, 2.45) is 34.5 Å². The molecule has 0 radical (unpaired) electrons. The number of fused-ring (bicyclic) bond motifs is 5. The van der Waals surface area contributed by atoms with Gasteiger partial charge >= 0.3 is 0 Å². The van der Waals surface area contributed by atoms with E-state index in [-0.39, 0.29) is 11.5 Å². The summed E-state index contributed by atoms with van der Waals surface area (Å²) in [6, 6.07) is 0. The van der Waals surface area contributed by atoms with Gasteiger partial charge in [0.25, 0.3) is 0 Å². The Kier molecular flexibility index (Phi) is 5.23. The molecule has 25 heavy (non-hydrogen) atoms. The van der Waals surface area contributed by atoms with Crippen molar-refractivity contribution in [3.8, 4) is 0 Å². The van der Waals surface area contributed by atoms with Crippen molar-refractivity contribution in [2.45, 2.75) is 92.1 Å². The molecule has 2 heteroatoms. The molecule has 0 bridgehead atoms. The summed E-state index contributed by atoms with van der Waals surface area (Å²) in [5.41, 5.74) is 2.09. The molecule has 3 saturated carbocycles. The molecule has 3 fully saturated rings. The summed E-state index contributed by atoms with van der Waals surface area (Å²) in [7, 11) is 0. The van der Waals surface area contributed by atoms with Crippen LogP contribution in [0.2, 0.25) is 0 Å². The van der Waals surface area contributed by atoms with Crippen LogP contribution in [0.3, 0.4) is 0 Å².